The van der Waals surface area contributed by atoms with E-state index in [4.69, 9.17) is 10.8 Å². The third kappa shape index (κ3) is 5.68. The number of hydrogen-bond donors (Lipinski definition) is 1. The minimum atomic E-state index is -0.437. The van der Waals surface area contributed by atoms with Crippen LogP contribution >= 0.6 is 0 Å². The molecule has 1 aliphatic heterocycles. The standard InChI is InChI=1S/C26H29N5O2/c1-20-8-10-22(11-9-20)25-23(19-31(28-25)18-21-6-3-2-4-7-21)12-13-24(32)29-14-5-15-30(17-16-29)26(27)33/h2-4,6-13,19H,5,14-18H2,1H3,(H2,27,33)/b13-12+. The molecule has 2 aromatic carbocycles. The van der Waals surface area contributed by atoms with Crippen molar-refractivity contribution in [3.63, 3.8) is 0 Å². The van der Waals surface area contributed by atoms with Gasteiger partial charge in [-0.25, -0.2) is 4.79 Å². The molecular weight excluding hydrogens is 414 g/mol. The fourth-order valence-corrected chi connectivity index (χ4v) is 3.97. The summed E-state index contributed by atoms with van der Waals surface area (Å²) < 4.78 is 1.91. The maximum absolute atomic E-state index is 12.9. The van der Waals surface area contributed by atoms with E-state index in [1.54, 1.807) is 15.9 Å². The van der Waals surface area contributed by atoms with E-state index in [1.807, 2.05) is 35.2 Å². The van der Waals surface area contributed by atoms with Gasteiger partial charge in [0.05, 0.1) is 12.2 Å². The maximum atomic E-state index is 12.9. The maximum Gasteiger partial charge on any atom is 0.314 e. The first-order chi connectivity index (χ1) is 16.0. The number of carbonyl (C=O) groups excluding carboxylic acids is 2. The molecule has 1 aliphatic rings. The first-order valence-corrected chi connectivity index (χ1v) is 11.2. The molecule has 0 radical (unpaired) electrons. The molecule has 7 heteroatoms. The summed E-state index contributed by atoms with van der Waals surface area (Å²) in [4.78, 5) is 27.7. The lowest BCUT2D eigenvalue weighted by Crippen LogP contribution is -2.39. The van der Waals surface area contributed by atoms with Gasteiger partial charge in [-0.15, -0.1) is 0 Å². The minimum absolute atomic E-state index is 0.0769. The number of nitrogens with zero attached hydrogens (tertiary/aromatic N) is 4. The Bertz CT molecular complexity index is 1140. The highest BCUT2D eigenvalue weighted by Crippen LogP contribution is 2.24. The van der Waals surface area contributed by atoms with Crippen molar-refractivity contribution in [2.24, 2.45) is 5.73 Å². The van der Waals surface area contributed by atoms with Gasteiger partial charge in [0, 0.05) is 49.6 Å². The quantitative estimate of drug-likeness (QED) is 0.612. The molecule has 2 N–H and O–H groups in total. The number of hydrogen-bond acceptors (Lipinski definition) is 3. The zero-order valence-corrected chi connectivity index (χ0v) is 18.9. The monoisotopic (exact) mass is 443 g/mol. The average molecular weight is 444 g/mol. The van der Waals surface area contributed by atoms with Gasteiger partial charge in [0.15, 0.2) is 0 Å². The fraction of sp³-hybridized carbons (Fsp3) is 0.269. The number of aromatic nitrogens is 2. The van der Waals surface area contributed by atoms with Gasteiger partial charge in [-0.2, -0.15) is 5.10 Å². The van der Waals surface area contributed by atoms with Crippen LogP contribution in [0.1, 0.15) is 23.1 Å². The second-order valence-corrected chi connectivity index (χ2v) is 8.32. The molecule has 1 aromatic heterocycles. The van der Waals surface area contributed by atoms with Gasteiger partial charge in [-0.05, 0) is 25.0 Å². The van der Waals surface area contributed by atoms with Crippen LogP contribution in [0.15, 0.2) is 66.9 Å². The number of amides is 3. The average Bonchev–Trinajstić information content (AvgIpc) is 3.03. The van der Waals surface area contributed by atoms with E-state index < -0.39 is 6.03 Å². The van der Waals surface area contributed by atoms with Gasteiger partial charge in [-0.1, -0.05) is 60.2 Å². The van der Waals surface area contributed by atoms with Crippen molar-refractivity contribution in [3.8, 4) is 11.3 Å². The Balaban J connectivity index is 1.56. The molecule has 0 spiro atoms. The van der Waals surface area contributed by atoms with E-state index in [-0.39, 0.29) is 5.91 Å². The number of rotatable bonds is 5. The van der Waals surface area contributed by atoms with Gasteiger partial charge in [0.1, 0.15) is 0 Å². The van der Waals surface area contributed by atoms with Crippen molar-refractivity contribution in [1.29, 1.82) is 0 Å². The molecule has 0 unspecified atom stereocenters. The van der Waals surface area contributed by atoms with Crippen LogP contribution in [0, 0.1) is 6.92 Å². The smallest absolute Gasteiger partial charge is 0.314 e. The zero-order chi connectivity index (χ0) is 23.2. The van der Waals surface area contributed by atoms with Crippen molar-refractivity contribution in [3.05, 3.63) is 83.6 Å². The Hall–Kier alpha value is -3.87. The van der Waals surface area contributed by atoms with E-state index in [2.05, 4.69) is 43.3 Å². The molecule has 3 aromatic rings. The summed E-state index contributed by atoms with van der Waals surface area (Å²) in [5.74, 6) is -0.0769. The molecule has 0 bridgehead atoms. The predicted molar refractivity (Wildman–Crippen MR) is 129 cm³/mol. The van der Waals surface area contributed by atoms with Crippen LogP contribution in [-0.2, 0) is 11.3 Å². The fourth-order valence-electron chi connectivity index (χ4n) is 3.97. The highest BCUT2D eigenvalue weighted by Gasteiger charge is 2.19. The van der Waals surface area contributed by atoms with Crippen molar-refractivity contribution in [1.82, 2.24) is 19.6 Å². The topological polar surface area (TPSA) is 84.5 Å². The minimum Gasteiger partial charge on any atom is -0.351 e. The summed E-state index contributed by atoms with van der Waals surface area (Å²) in [6, 6.07) is 18.0. The van der Waals surface area contributed by atoms with Crippen molar-refractivity contribution in [2.45, 2.75) is 19.9 Å². The lowest BCUT2D eigenvalue weighted by atomic mass is 10.1. The summed E-state index contributed by atoms with van der Waals surface area (Å²) >= 11 is 0. The summed E-state index contributed by atoms with van der Waals surface area (Å²) in [5, 5.41) is 4.82. The van der Waals surface area contributed by atoms with Gasteiger partial charge in [0.2, 0.25) is 5.91 Å². The summed E-state index contributed by atoms with van der Waals surface area (Å²) in [7, 11) is 0. The highest BCUT2D eigenvalue weighted by molar-refractivity contribution is 5.93. The molecule has 3 amide bonds. The Morgan fingerprint density at radius 3 is 2.39 bits per heavy atom. The van der Waals surface area contributed by atoms with Crippen LogP contribution in [-0.4, -0.2) is 57.7 Å². The third-order valence-electron chi connectivity index (χ3n) is 5.83. The Labute approximate surface area is 194 Å². The Morgan fingerprint density at radius 2 is 1.67 bits per heavy atom. The molecule has 4 rings (SSSR count). The van der Waals surface area contributed by atoms with Gasteiger partial charge in [-0.3, -0.25) is 9.48 Å². The molecule has 1 saturated heterocycles. The van der Waals surface area contributed by atoms with E-state index in [0.29, 0.717) is 39.1 Å². The van der Waals surface area contributed by atoms with Crippen LogP contribution in [0.25, 0.3) is 17.3 Å². The molecule has 0 aliphatic carbocycles. The molecule has 0 atom stereocenters. The number of nitrogens with two attached hydrogens (primary N) is 1. The summed E-state index contributed by atoms with van der Waals surface area (Å²) in [6.45, 7) is 4.81. The summed E-state index contributed by atoms with van der Waals surface area (Å²) in [6.07, 6.45) is 6.12. The third-order valence-corrected chi connectivity index (χ3v) is 5.83. The SMILES string of the molecule is Cc1ccc(-c2nn(Cc3ccccc3)cc2/C=C/C(=O)N2CCCN(C(N)=O)CC2)cc1. The van der Waals surface area contributed by atoms with Gasteiger partial charge >= 0.3 is 6.03 Å². The Morgan fingerprint density at radius 1 is 0.970 bits per heavy atom. The second kappa shape index (κ2) is 10.2. The van der Waals surface area contributed by atoms with Crippen molar-refractivity contribution < 1.29 is 9.59 Å². The second-order valence-electron chi connectivity index (χ2n) is 8.32. The van der Waals surface area contributed by atoms with E-state index in [1.165, 1.54) is 5.56 Å². The Kier molecular flexibility index (Phi) is 6.88. The number of carbonyl (C=O) groups is 2. The van der Waals surface area contributed by atoms with Crippen LogP contribution in [0.5, 0.6) is 0 Å². The molecule has 7 nitrogen and oxygen atoms in total. The molecular formula is C26H29N5O2. The normalized spacial score (nSPS) is 14.5. The van der Waals surface area contributed by atoms with Crippen LogP contribution in [0.3, 0.4) is 0 Å². The number of urea groups is 1. The van der Waals surface area contributed by atoms with E-state index >= 15 is 0 Å². The highest BCUT2D eigenvalue weighted by atomic mass is 16.2. The van der Waals surface area contributed by atoms with Gasteiger partial charge < -0.3 is 15.5 Å². The molecule has 170 valence electrons. The molecule has 2 heterocycles. The predicted octanol–water partition coefficient (Wildman–Crippen LogP) is 3.53. The van der Waals surface area contributed by atoms with E-state index in [0.717, 1.165) is 22.4 Å². The van der Waals surface area contributed by atoms with Crippen LogP contribution < -0.4 is 5.73 Å². The molecule has 0 saturated carbocycles. The zero-order valence-electron chi connectivity index (χ0n) is 18.9. The number of aryl methyl sites for hydroxylation is 1. The van der Waals surface area contributed by atoms with E-state index in [9.17, 15) is 9.59 Å². The number of benzene rings is 2. The summed E-state index contributed by atoms with van der Waals surface area (Å²) in [5.41, 5.74) is 10.5. The first kappa shape index (κ1) is 22.3. The van der Waals surface area contributed by atoms with Crippen LogP contribution in [0.2, 0.25) is 0 Å². The number of primary amides is 1. The molecule has 33 heavy (non-hydrogen) atoms. The van der Waals surface area contributed by atoms with Crippen molar-refractivity contribution >= 4 is 18.0 Å². The lowest BCUT2D eigenvalue weighted by Gasteiger charge is -2.19. The van der Waals surface area contributed by atoms with Crippen LogP contribution in [0.4, 0.5) is 4.79 Å². The van der Waals surface area contributed by atoms with Crippen molar-refractivity contribution in [2.75, 3.05) is 26.2 Å². The first-order valence-electron chi connectivity index (χ1n) is 11.2. The van der Waals surface area contributed by atoms with Gasteiger partial charge in [0.25, 0.3) is 0 Å². The molecule has 1 fully saturated rings. The lowest BCUT2D eigenvalue weighted by molar-refractivity contribution is -0.125. The largest absolute Gasteiger partial charge is 0.351 e.